The summed E-state index contributed by atoms with van der Waals surface area (Å²) in [4.78, 5) is 17.9. The highest BCUT2D eigenvalue weighted by Gasteiger charge is 2.37. The van der Waals surface area contributed by atoms with Crippen LogP contribution in [0, 0.1) is 34.7 Å². The summed E-state index contributed by atoms with van der Waals surface area (Å²) < 4.78 is 75.5. The van der Waals surface area contributed by atoms with Crippen LogP contribution in [0.3, 0.4) is 0 Å². The van der Waals surface area contributed by atoms with E-state index < -0.39 is 41.7 Å². The number of piperidine rings is 1. The number of aliphatic carboxylic acids is 1. The Balaban J connectivity index is 1.46. The molecular formula is C30H29F5N2O3. The summed E-state index contributed by atoms with van der Waals surface area (Å²) in [6.07, 6.45) is 0.823. The van der Waals surface area contributed by atoms with Gasteiger partial charge in [0, 0.05) is 28.8 Å². The number of carbonyl (C=O) groups is 1. The largest absolute Gasteiger partial charge is 0.497 e. The minimum Gasteiger partial charge on any atom is -0.497 e. The van der Waals surface area contributed by atoms with E-state index in [1.807, 2.05) is 4.90 Å². The molecule has 212 valence electrons. The highest BCUT2D eigenvalue weighted by atomic mass is 19.2. The number of benzene rings is 2. The highest BCUT2D eigenvalue weighted by Crippen LogP contribution is 2.43. The van der Waals surface area contributed by atoms with Crippen LogP contribution in [-0.4, -0.2) is 47.7 Å². The Kier molecular flexibility index (Phi) is 9.25. The third kappa shape index (κ3) is 6.70. The molecule has 1 aliphatic rings. The Morgan fingerprint density at radius 2 is 1.95 bits per heavy atom. The van der Waals surface area contributed by atoms with Crippen LogP contribution in [0.4, 0.5) is 22.0 Å². The molecule has 0 bridgehead atoms. The van der Waals surface area contributed by atoms with Crippen molar-refractivity contribution in [1.82, 2.24) is 9.88 Å². The smallest absolute Gasteiger partial charge is 0.303 e. The van der Waals surface area contributed by atoms with E-state index in [1.165, 1.54) is 13.3 Å². The molecule has 2 aromatic carbocycles. The Morgan fingerprint density at radius 3 is 2.62 bits per heavy atom. The summed E-state index contributed by atoms with van der Waals surface area (Å²) in [6, 6.07) is 6.26. The van der Waals surface area contributed by atoms with E-state index in [0.717, 1.165) is 6.07 Å². The molecule has 0 amide bonds. The number of fused-ring (bicyclic) bond motifs is 1. The normalized spacial score (nSPS) is 15.8. The standard InChI is InChI=1S/C30H29F5N2O3/c1-40-22-4-5-26-23(15-22)28(20(17-31)18-36-26)24(33)6-7-30(16-27(38)39)8-11-37(12-9-30)10-2-3-19-13-21(32)14-25(34)29(19)35/h4-5,13-15,18,24H,6-12,16-17H2,1H3,(H,38,39)/t24-/m1/s1. The molecule has 0 radical (unpaired) electrons. The van der Waals surface area contributed by atoms with E-state index in [9.17, 15) is 27.5 Å². The first-order valence-electron chi connectivity index (χ1n) is 12.9. The van der Waals surface area contributed by atoms with Gasteiger partial charge in [-0.25, -0.2) is 22.0 Å². The fourth-order valence-corrected chi connectivity index (χ4v) is 5.33. The van der Waals surface area contributed by atoms with E-state index in [4.69, 9.17) is 4.74 Å². The number of halogens is 5. The Bertz CT molecular complexity index is 1440. The molecule has 3 aromatic rings. The number of ether oxygens (including phenoxy) is 1. The van der Waals surface area contributed by atoms with Crippen molar-refractivity contribution < 1.29 is 36.6 Å². The van der Waals surface area contributed by atoms with E-state index >= 15 is 4.39 Å². The average molecular weight is 561 g/mol. The second kappa shape index (κ2) is 12.6. The predicted molar refractivity (Wildman–Crippen MR) is 140 cm³/mol. The molecule has 10 heteroatoms. The number of pyridine rings is 1. The number of rotatable bonds is 9. The molecule has 1 aromatic heterocycles. The monoisotopic (exact) mass is 560 g/mol. The van der Waals surface area contributed by atoms with Gasteiger partial charge >= 0.3 is 5.97 Å². The molecule has 40 heavy (non-hydrogen) atoms. The number of hydrogen-bond acceptors (Lipinski definition) is 4. The van der Waals surface area contributed by atoms with Crippen LogP contribution in [0.25, 0.3) is 10.9 Å². The van der Waals surface area contributed by atoms with Gasteiger partial charge in [0.25, 0.3) is 0 Å². The SMILES string of the molecule is COc1ccc2ncc(CF)c([C@H](F)CCC3(CC(=O)O)CCN(CC#Cc4cc(F)cc(F)c4F)CC3)c2c1. The number of hydrogen-bond donors (Lipinski definition) is 1. The molecule has 5 nitrogen and oxygen atoms in total. The molecule has 1 fully saturated rings. The van der Waals surface area contributed by atoms with Gasteiger partial charge in [0.1, 0.15) is 24.4 Å². The van der Waals surface area contributed by atoms with Crippen LogP contribution in [0.2, 0.25) is 0 Å². The average Bonchev–Trinajstić information content (AvgIpc) is 2.94. The summed E-state index contributed by atoms with van der Waals surface area (Å²) in [6.45, 7) is 0.226. The number of methoxy groups -OCH3 is 1. The number of carboxylic acid groups (broad SMARTS) is 1. The van der Waals surface area contributed by atoms with Crippen molar-refractivity contribution in [1.29, 1.82) is 0 Å². The van der Waals surface area contributed by atoms with Gasteiger partial charge in [-0.3, -0.25) is 14.7 Å². The first kappa shape index (κ1) is 29.3. The maximum atomic E-state index is 15.8. The highest BCUT2D eigenvalue weighted by molar-refractivity contribution is 5.85. The first-order chi connectivity index (χ1) is 19.1. The molecule has 0 saturated carbocycles. The van der Waals surface area contributed by atoms with Crippen LogP contribution in [0.5, 0.6) is 5.75 Å². The van der Waals surface area contributed by atoms with Crippen LogP contribution in [-0.2, 0) is 11.5 Å². The number of alkyl halides is 2. The number of aromatic nitrogens is 1. The van der Waals surface area contributed by atoms with Crippen molar-refractivity contribution in [3.63, 3.8) is 0 Å². The van der Waals surface area contributed by atoms with Gasteiger partial charge in [-0.05, 0) is 68.5 Å². The summed E-state index contributed by atoms with van der Waals surface area (Å²) in [5, 5.41) is 10.1. The van der Waals surface area contributed by atoms with Crippen LogP contribution >= 0.6 is 0 Å². The minimum absolute atomic E-state index is 0.000814. The molecule has 0 spiro atoms. The zero-order valence-electron chi connectivity index (χ0n) is 22.0. The number of nitrogens with zero attached hydrogens (tertiary/aromatic N) is 2. The fourth-order valence-electron chi connectivity index (χ4n) is 5.33. The molecule has 0 aliphatic carbocycles. The second-order valence-electron chi connectivity index (χ2n) is 10.1. The summed E-state index contributed by atoms with van der Waals surface area (Å²) in [5.74, 6) is 1.21. The van der Waals surface area contributed by atoms with E-state index in [1.54, 1.807) is 18.2 Å². The quantitative estimate of drug-likeness (QED) is 0.183. The van der Waals surface area contributed by atoms with Gasteiger partial charge in [-0.1, -0.05) is 11.8 Å². The molecule has 0 unspecified atom stereocenters. The summed E-state index contributed by atoms with van der Waals surface area (Å²) in [5.41, 5.74) is -0.202. The minimum atomic E-state index is -1.54. The van der Waals surface area contributed by atoms with Crippen molar-refractivity contribution in [2.75, 3.05) is 26.7 Å². The van der Waals surface area contributed by atoms with Gasteiger partial charge in [0.2, 0.25) is 0 Å². The van der Waals surface area contributed by atoms with Gasteiger partial charge < -0.3 is 9.84 Å². The maximum absolute atomic E-state index is 15.8. The molecule has 2 heterocycles. The Morgan fingerprint density at radius 1 is 1.20 bits per heavy atom. The molecule has 1 saturated heterocycles. The lowest BCUT2D eigenvalue weighted by Gasteiger charge is -2.41. The molecule has 4 rings (SSSR count). The van der Waals surface area contributed by atoms with Gasteiger partial charge in [-0.15, -0.1) is 0 Å². The van der Waals surface area contributed by atoms with Crippen molar-refractivity contribution in [2.45, 2.75) is 45.0 Å². The second-order valence-corrected chi connectivity index (χ2v) is 10.1. The number of likely N-dealkylation sites (tertiary alicyclic amines) is 1. The lowest BCUT2D eigenvalue weighted by Crippen LogP contribution is -2.41. The predicted octanol–water partition coefficient (Wildman–Crippen LogP) is 6.53. The lowest BCUT2D eigenvalue weighted by atomic mass is 9.71. The van der Waals surface area contributed by atoms with Crippen LogP contribution in [0.15, 0.2) is 36.5 Å². The zero-order chi connectivity index (χ0) is 28.9. The first-order valence-corrected chi connectivity index (χ1v) is 12.9. The number of carboxylic acids is 1. The van der Waals surface area contributed by atoms with Crippen molar-refractivity contribution >= 4 is 16.9 Å². The maximum Gasteiger partial charge on any atom is 0.303 e. The Labute approximate surface area is 229 Å². The van der Waals surface area contributed by atoms with Gasteiger partial charge in [0.15, 0.2) is 11.6 Å². The lowest BCUT2D eigenvalue weighted by molar-refractivity contribution is -0.141. The topological polar surface area (TPSA) is 62.7 Å². The van der Waals surface area contributed by atoms with E-state index in [-0.39, 0.29) is 42.5 Å². The summed E-state index contributed by atoms with van der Waals surface area (Å²) >= 11 is 0. The molecule has 1 atom stereocenters. The van der Waals surface area contributed by atoms with Crippen molar-refractivity contribution in [2.24, 2.45) is 5.41 Å². The zero-order valence-corrected chi connectivity index (χ0v) is 22.0. The van der Waals surface area contributed by atoms with Crippen LogP contribution < -0.4 is 4.74 Å². The van der Waals surface area contributed by atoms with Crippen molar-refractivity contribution in [3.05, 3.63) is 70.7 Å². The van der Waals surface area contributed by atoms with E-state index in [0.29, 0.717) is 48.6 Å². The third-order valence-electron chi connectivity index (χ3n) is 7.55. The molecular weight excluding hydrogens is 531 g/mol. The van der Waals surface area contributed by atoms with Gasteiger partial charge in [0.05, 0.1) is 31.2 Å². The van der Waals surface area contributed by atoms with Gasteiger partial charge in [-0.2, -0.15) is 0 Å². The molecule has 1 aliphatic heterocycles. The van der Waals surface area contributed by atoms with E-state index in [2.05, 4.69) is 16.8 Å². The third-order valence-corrected chi connectivity index (χ3v) is 7.55. The van der Waals surface area contributed by atoms with Crippen LogP contribution in [0.1, 0.15) is 55.0 Å². The van der Waals surface area contributed by atoms with Crippen molar-refractivity contribution in [3.8, 4) is 17.6 Å². The Hall–Kier alpha value is -3.71. The molecule has 1 N–H and O–H groups in total. The fraction of sp³-hybridized carbons (Fsp3) is 0.400. The summed E-state index contributed by atoms with van der Waals surface area (Å²) in [7, 11) is 1.48.